The van der Waals surface area contributed by atoms with Crippen molar-refractivity contribution in [2.24, 2.45) is 0 Å². The molecule has 0 heterocycles. The number of unbranched alkanes of at least 4 members (excludes halogenated alkanes) is 1. The molecule has 0 saturated carbocycles. The molecule has 0 aliphatic carbocycles. The maximum absolute atomic E-state index is 12.6. The molecule has 0 aliphatic heterocycles. The number of ether oxygens (including phenoxy) is 4. The van der Waals surface area contributed by atoms with Crippen LogP contribution < -0.4 is 9.47 Å². The molecule has 0 atom stereocenters. The lowest BCUT2D eigenvalue weighted by Gasteiger charge is -2.09. The Kier molecular flexibility index (Phi) is 13.6. The van der Waals surface area contributed by atoms with Crippen LogP contribution in [-0.4, -0.2) is 55.9 Å². The second-order valence-electron chi connectivity index (χ2n) is 9.94. The van der Waals surface area contributed by atoms with Gasteiger partial charge in [-0.3, -0.25) is 4.79 Å². The first-order valence-electron chi connectivity index (χ1n) is 14.3. The van der Waals surface area contributed by atoms with Crippen molar-refractivity contribution in [2.75, 3.05) is 33.0 Å². The highest BCUT2D eigenvalue weighted by molar-refractivity contribution is 6.06. The zero-order chi connectivity index (χ0) is 31.7. The number of benzene rings is 3. The molecule has 0 fully saturated rings. The third-order valence-corrected chi connectivity index (χ3v) is 6.32. The van der Waals surface area contributed by atoms with Gasteiger partial charge in [-0.05, 0) is 78.9 Å². The van der Waals surface area contributed by atoms with E-state index in [1.165, 1.54) is 0 Å². The van der Waals surface area contributed by atoms with E-state index in [9.17, 15) is 14.4 Å². The highest BCUT2D eigenvalue weighted by Gasteiger charge is 2.07. The number of carbonyl (C=O) groups excluding carboxylic acids is 3. The first kappa shape index (κ1) is 33.6. The van der Waals surface area contributed by atoms with Crippen LogP contribution in [0.3, 0.4) is 0 Å². The third-order valence-electron chi connectivity index (χ3n) is 6.32. The second kappa shape index (κ2) is 17.9. The first-order chi connectivity index (χ1) is 21.3. The van der Waals surface area contributed by atoms with E-state index in [0.29, 0.717) is 55.3 Å². The normalized spacial score (nSPS) is 10.7. The van der Waals surface area contributed by atoms with Crippen LogP contribution in [0.4, 0.5) is 0 Å². The number of aliphatic hydroxyl groups excluding tert-OH is 1. The number of allylic oxidation sites excluding steroid dienone is 1. The van der Waals surface area contributed by atoms with E-state index in [0.717, 1.165) is 23.1 Å². The average molecular weight is 599 g/mol. The van der Waals surface area contributed by atoms with Gasteiger partial charge in [-0.15, -0.1) is 0 Å². The van der Waals surface area contributed by atoms with Gasteiger partial charge in [0.15, 0.2) is 5.78 Å². The van der Waals surface area contributed by atoms with Gasteiger partial charge in [0.05, 0.1) is 38.6 Å². The molecule has 8 nitrogen and oxygen atoms in total. The lowest BCUT2D eigenvalue weighted by atomic mass is 10.0. The van der Waals surface area contributed by atoms with Crippen LogP contribution in [0.5, 0.6) is 11.5 Å². The Bertz CT molecular complexity index is 1430. The summed E-state index contributed by atoms with van der Waals surface area (Å²) in [7, 11) is 0. The fraction of sp³-hybridized carbons (Fsp3) is 0.250. The van der Waals surface area contributed by atoms with Crippen molar-refractivity contribution in [2.45, 2.75) is 26.2 Å². The topological polar surface area (TPSA) is 108 Å². The van der Waals surface area contributed by atoms with Crippen LogP contribution in [0, 0.1) is 0 Å². The lowest BCUT2D eigenvalue weighted by Crippen LogP contribution is -2.12. The molecule has 3 aromatic rings. The largest absolute Gasteiger partial charge is 0.494 e. The number of carbonyl (C=O) groups is 3. The molecule has 3 rings (SSSR count). The van der Waals surface area contributed by atoms with E-state index in [4.69, 9.17) is 24.1 Å². The molecule has 0 aromatic heterocycles. The molecule has 0 saturated heterocycles. The number of esters is 2. The van der Waals surface area contributed by atoms with Gasteiger partial charge >= 0.3 is 11.9 Å². The van der Waals surface area contributed by atoms with Crippen molar-refractivity contribution < 1.29 is 38.4 Å². The maximum atomic E-state index is 12.6. The van der Waals surface area contributed by atoms with Crippen molar-refractivity contribution in [1.29, 1.82) is 0 Å². The molecular weight excluding hydrogens is 560 g/mol. The summed E-state index contributed by atoms with van der Waals surface area (Å²) in [6.45, 7) is 9.54. The smallest absolute Gasteiger partial charge is 0.335 e. The highest BCUT2D eigenvalue weighted by Crippen LogP contribution is 2.23. The van der Waals surface area contributed by atoms with E-state index in [-0.39, 0.29) is 23.9 Å². The van der Waals surface area contributed by atoms with Crippen LogP contribution in [0.1, 0.15) is 42.1 Å². The fourth-order valence-corrected chi connectivity index (χ4v) is 3.78. The van der Waals surface area contributed by atoms with Gasteiger partial charge in [0, 0.05) is 17.6 Å². The first-order valence-corrected chi connectivity index (χ1v) is 14.3. The SMILES string of the molecule is C=C(C)C(=O)OCCCCOc1ccc(C(=O)/C=C/c2ccc(-c3ccc(OCCCOC(=O)C(=C)CO)cc3)cc2)cc1. The van der Waals surface area contributed by atoms with Crippen molar-refractivity contribution in [1.82, 2.24) is 0 Å². The summed E-state index contributed by atoms with van der Waals surface area (Å²) in [4.78, 5) is 35.4. The van der Waals surface area contributed by atoms with Gasteiger partial charge < -0.3 is 24.1 Å². The molecule has 3 aromatic carbocycles. The number of ketones is 1. The van der Waals surface area contributed by atoms with Crippen molar-refractivity contribution in [3.05, 3.63) is 114 Å². The van der Waals surface area contributed by atoms with E-state index >= 15 is 0 Å². The third kappa shape index (κ3) is 11.4. The van der Waals surface area contributed by atoms with Gasteiger partial charge in [0.2, 0.25) is 0 Å². The van der Waals surface area contributed by atoms with E-state index in [1.807, 2.05) is 48.5 Å². The maximum Gasteiger partial charge on any atom is 0.335 e. The van der Waals surface area contributed by atoms with E-state index in [1.54, 1.807) is 43.3 Å². The predicted octanol–water partition coefficient (Wildman–Crippen LogP) is 6.39. The molecule has 0 aliphatic rings. The Balaban J connectivity index is 1.39. The predicted molar refractivity (Wildman–Crippen MR) is 169 cm³/mol. The molecule has 0 unspecified atom stereocenters. The Morgan fingerprint density at radius 2 is 1.18 bits per heavy atom. The van der Waals surface area contributed by atoms with Crippen LogP contribution in [0.25, 0.3) is 17.2 Å². The Hall–Kier alpha value is -4.95. The molecule has 0 amide bonds. The number of aliphatic hydroxyl groups is 1. The van der Waals surface area contributed by atoms with Crippen molar-refractivity contribution in [3.63, 3.8) is 0 Å². The Labute approximate surface area is 258 Å². The van der Waals surface area contributed by atoms with Crippen LogP contribution in [0.2, 0.25) is 0 Å². The molecular formula is C36H38O8. The average Bonchev–Trinajstić information content (AvgIpc) is 3.05. The van der Waals surface area contributed by atoms with E-state index in [2.05, 4.69) is 13.2 Å². The minimum atomic E-state index is -0.604. The monoisotopic (exact) mass is 598 g/mol. The lowest BCUT2D eigenvalue weighted by molar-refractivity contribution is -0.140. The Morgan fingerprint density at radius 1 is 0.682 bits per heavy atom. The molecule has 230 valence electrons. The summed E-state index contributed by atoms with van der Waals surface area (Å²) < 4.78 is 21.4. The summed E-state index contributed by atoms with van der Waals surface area (Å²) in [5, 5.41) is 8.86. The van der Waals surface area contributed by atoms with Gasteiger partial charge in [-0.25, -0.2) is 9.59 Å². The minimum absolute atomic E-state index is 0.0264. The summed E-state index contributed by atoms with van der Waals surface area (Å²) in [5.74, 6) is 0.281. The molecule has 0 radical (unpaired) electrons. The van der Waals surface area contributed by atoms with Gasteiger partial charge in [0.25, 0.3) is 0 Å². The zero-order valence-electron chi connectivity index (χ0n) is 25.0. The van der Waals surface area contributed by atoms with Gasteiger partial charge in [-0.2, -0.15) is 0 Å². The highest BCUT2D eigenvalue weighted by atomic mass is 16.5. The van der Waals surface area contributed by atoms with Gasteiger partial charge in [-0.1, -0.05) is 55.6 Å². The summed E-state index contributed by atoms with van der Waals surface area (Å²) in [6.07, 6.45) is 5.27. The van der Waals surface area contributed by atoms with Crippen LogP contribution >= 0.6 is 0 Å². The number of rotatable bonds is 18. The minimum Gasteiger partial charge on any atom is -0.494 e. The van der Waals surface area contributed by atoms with Crippen molar-refractivity contribution in [3.8, 4) is 22.6 Å². The second-order valence-corrected chi connectivity index (χ2v) is 9.94. The summed E-state index contributed by atoms with van der Waals surface area (Å²) in [6, 6.07) is 22.6. The molecule has 0 spiro atoms. The number of hydrogen-bond acceptors (Lipinski definition) is 8. The molecule has 44 heavy (non-hydrogen) atoms. The van der Waals surface area contributed by atoms with Crippen LogP contribution in [0.15, 0.2) is 103 Å². The van der Waals surface area contributed by atoms with Gasteiger partial charge in [0.1, 0.15) is 11.5 Å². The van der Waals surface area contributed by atoms with Crippen LogP contribution in [-0.2, 0) is 19.1 Å². The molecule has 0 bridgehead atoms. The molecule has 8 heteroatoms. The quantitative estimate of drug-likeness (QED) is 0.0777. The zero-order valence-corrected chi connectivity index (χ0v) is 25.0. The van der Waals surface area contributed by atoms with Crippen molar-refractivity contribution >= 4 is 23.8 Å². The van der Waals surface area contributed by atoms with E-state index < -0.39 is 12.6 Å². The molecule has 1 N–H and O–H groups in total. The number of hydrogen-bond donors (Lipinski definition) is 1. The standard InChI is InChI=1S/C36H38O8/c1-26(2)35(39)43-22-5-4-21-41-33-18-14-31(15-19-33)34(38)20-9-28-7-10-29(11-8-28)30-12-16-32(17-13-30)42-23-6-24-44-36(40)27(3)25-37/h7-20,37H,1,3-6,21-25H2,2H3/b20-9+. The summed E-state index contributed by atoms with van der Waals surface area (Å²) in [5.41, 5.74) is 3.92. The summed E-state index contributed by atoms with van der Waals surface area (Å²) >= 11 is 0. The Morgan fingerprint density at radius 3 is 1.77 bits per heavy atom. The fourth-order valence-electron chi connectivity index (χ4n) is 3.78.